The monoisotopic (exact) mass is 444 g/mol. The van der Waals surface area contributed by atoms with Gasteiger partial charge in [0.1, 0.15) is 11.1 Å². The molecular formula is C22H18Cl2N2O4. The van der Waals surface area contributed by atoms with Crippen LogP contribution in [0.1, 0.15) is 29.2 Å². The van der Waals surface area contributed by atoms with Crippen LogP contribution >= 0.6 is 23.2 Å². The maximum Gasteiger partial charge on any atom is 0.336 e. The molecule has 1 N–H and O–H groups in total. The second-order valence-electron chi connectivity index (χ2n) is 7.60. The zero-order valence-corrected chi connectivity index (χ0v) is 18.0. The molecule has 0 radical (unpaired) electrons. The average molecular weight is 445 g/mol. The number of nitrogens with one attached hydrogen (secondary N) is 1. The quantitative estimate of drug-likeness (QED) is 0.469. The summed E-state index contributed by atoms with van der Waals surface area (Å²) in [6.07, 6.45) is 0. The Kier molecular flexibility index (Phi) is 4.87. The fourth-order valence-electron chi connectivity index (χ4n) is 3.63. The van der Waals surface area contributed by atoms with Gasteiger partial charge in [-0.2, -0.15) is 0 Å². The summed E-state index contributed by atoms with van der Waals surface area (Å²) < 4.78 is 5.30. The lowest BCUT2D eigenvalue weighted by atomic mass is 9.92. The Labute approximate surface area is 182 Å². The lowest BCUT2D eigenvalue weighted by Gasteiger charge is -2.23. The summed E-state index contributed by atoms with van der Waals surface area (Å²) >= 11 is 12.1. The number of carbonyl (C=O) groups is 2. The van der Waals surface area contributed by atoms with Gasteiger partial charge in [-0.25, -0.2) is 9.59 Å². The molecule has 1 aliphatic rings. The maximum absolute atomic E-state index is 13.2. The first-order valence-corrected chi connectivity index (χ1v) is 9.99. The van der Waals surface area contributed by atoms with Gasteiger partial charge in [0.25, 0.3) is 5.91 Å². The first kappa shape index (κ1) is 20.4. The molecular weight excluding hydrogens is 427 g/mol. The summed E-state index contributed by atoms with van der Waals surface area (Å²) in [6, 6.07) is 9.21. The fraction of sp³-hybridized carbons (Fsp3) is 0.227. The zero-order chi connectivity index (χ0) is 21.8. The van der Waals surface area contributed by atoms with Gasteiger partial charge in [-0.3, -0.25) is 9.69 Å². The molecule has 1 aliphatic heterocycles. The van der Waals surface area contributed by atoms with E-state index in [1.165, 1.54) is 6.07 Å². The molecule has 1 fully saturated rings. The van der Waals surface area contributed by atoms with Crippen molar-refractivity contribution < 1.29 is 14.0 Å². The van der Waals surface area contributed by atoms with Crippen LogP contribution in [0.5, 0.6) is 0 Å². The van der Waals surface area contributed by atoms with Crippen LogP contribution in [0.4, 0.5) is 4.79 Å². The SMILES string of the molecule is Cc1cc2oc(=O)cc(CN3C(=O)NC(C)(c4ccc(Cl)c(Cl)c4)C3=O)c2cc1C. The number of aryl methyl sites for hydroxylation is 2. The Hall–Kier alpha value is -2.83. The summed E-state index contributed by atoms with van der Waals surface area (Å²) in [7, 11) is 0. The predicted octanol–water partition coefficient (Wildman–Crippen LogP) is 4.68. The summed E-state index contributed by atoms with van der Waals surface area (Å²) in [5.41, 5.74) is 1.61. The van der Waals surface area contributed by atoms with E-state index in [1.807, 2.05) is 19.9 Å². The summed E-state index contributed by atoms with van der Waals surface area (Å²) in [4.78, 5) is 39.1. The third-order valence-corrected chi connectivity index (χ3v) is 6.28. The van der Waals surface area contributed by atoms with Gasteiger partial charge in [0.05, 0.1) is 16.6 Å². The lowest BCUT2D eigenvalue weighted by molar-refractivity contribution is -0.131. The molecule has 0 saturated carbocycles. The molecule has 6 nitrogen and oxygen atoms in total. The van der Waals surface area contributed by atoms with E-state index < -0.39 is 23.1 Å². The van der Waals surface area contributed by atoms with Gasteiger partial charge in [-0.1, -0.05) is 29.3 Å². The first-order valence-electron chi connectivity index (χ1n) is 9.24. The Balaban J connectivity index is 1.75. The molecule has 2 heterocycles. The molecule has 1 saturated heterocycles. The number of rotatable bonds is 3. The highest BCUT2D eigenvalue weighted by molar-refractivity contribution is 6.42. The van der Waals surface area contributed by atoms with Crippen molar-refractivity contribution in [1.82, 2.24) is 10.2 Å². The summed E-state index contributed by atoms with van der Waals surface area (Å²) in [5, 5.41) is 4.05. The lowest BCUT2D eigenvalue weighted by Crippen LogP contribution is -2.40. The van der Waals surface area contributed by atoms with E-state index in [1.54, 1.807) is 31.2 Å². The molecule has 4 rings (SSSR count). The average Bonchev–Trinajstić information content (AvgIpc) is 2.89. The fourth-order valence-corrected chi connectivity index (χ4v) is 3.93. The highest BCUT2D eigenvalue weighted by Gasteiger charge is 2.49. The van der Waals surface area contributed by atoms with E-state index in [2.05, 4.69) is 5.32 Å². The molecule has 1 atom stereocenters. The van der Waals surface area contributed by atoms with Gasteiger partial charge in [0.15, 0.2) is 0 Å². The minimum absolute atomic E-state index is 0.0633. The van der Waals surface area contributed by atoms with Gasteiger partial charge in [0.2, 0.25) is 0 Å². The standard InChI is InChI=1S/C22H18Cl2N2O4/c1-11-6-15-13(8-19(27)30-18(15)7-12(11)2)10-26-20(28)22(3,25-21(26)29)14-4-5-16(23)17(24)9-14/h4-9H,10H2,1-3H3,(H,25,29). The van der Waals surface area contributed by atoms with Crippen LogP contribution in [0.2, 0.25) is 10.0 Å². The molecule has 2 aromatic carbocycles. The number of nitrogens with zero attached hydrogens (tertiary/aromatic N) is 1. The van der Waals surface area contributed by atoms with Crippen molar-refractivity contribution >= 4 is 46.1 Å². The number of halogens is 2. The highest BCUT2D eigenvalue weighted by Crippen LogP contribution is 2.34. The summed E-state index contributed by atoms with van der Waals surface area (Å²) in [5.74, 6) is -0.448. The predicted molar refractivity (Wildman–Crippen MR) is 115 cm³/mol. The molecule has 1 aromatic heterocycles. The Bertz CT molecular complexity index is 1280. The molecule has 0 aliphatic carbocycles. The van der Waals surface area contributed by atoms with E-state index in [-0.39, 0.29) is 11.6 Å². The van der Waals surface area contributed by atoms with E-state index >= 15 is 0 Å². The van der Waals surface area contributed by atoms with E-state index in [4.69, 9.17) is 27.6 Å². The number of urea groups is 1. The smallest absolute Gasteiger partial charge is 0.336 e. The van der Waals surface area contributed by atoms with Gasteiger partial charge < -0.3 is 9.73 Å². The minimum atomic E-state index is -1.30. The number of hydrogen-bond acceptors (Lipinski definition) is 4. The van der Waals surface area contributed by atoms with Crippen molar-refractivity contribution in [2.24, 2.45) is 0 Å². The molecule has 0 bridgehead atoms. The molecule has 0 spiro atoms. The molecule has 3 amide bonds. The van der Waals surface area contributed by atoms with Crippen LogP contribution in [0.15, 0.2) is 45.6 Å². The Morgan fingerprint density at radius 1 is 1.00 bits per heavy atom. The van der Waals surface area contributed by atoms with Crippen molar-refractivity contribution in [2.75, 3.05) is 0 Å². The highest BCUT2D eigenvalue weighted by atomic mass is 35.5. The van der Waals surface area contributed by atoms with Crippen LogP contribution in [0.3, 0.4) is 0 Å². The number of hydrogen-bond donors (Lipinski definition) is 1. The van der Waals surface area contributed by atoms with E-state index in [0.717, 1.165) is 16.0 Å². The third-order valence-electron chi connectivity index (χ3n) is 5.54. The molecule has 3 aromatic rings. The molecule has 1 unspecified atom stereocenters. The van der Waals surface area contributed by atoms with Crippen molar-refractivity contribution in [3.8, 4) is 0 Å². The molecule has 30 heavy (non-hydrogen) atoms. The van der Waals surface area contributed by atoms with Crippen LogP contribution in [-0.4, -0.2) is 16.8 Å². The Morgan fingerprint density at radius 3 is 2.40 bits per heavy atom. The second-order valence-corrected chi connectivity index (χ2v) is 8.41. The summed E-state index contributed by atoms with van der Waals surface area (Å²) in [6.45, 7) is 5.41. The van der Waals surface area contributed by atoms with Crippen molar-refractivity contribution in [1.29, 1.82) is 0 Å². The van der Waals surface area contributed by atoms with E-state index in [9.17, 15) is 14.4 Å². The normalized spacial score (nSPS) is 18.9. The second kappa shape index (κ2) is 7.15. The van der Waals surface area contributed by atoms with Crippen molar-refractivity contribution in [3.63, 3.8) is 0 Å². The van der Waals surface area contributed by atoms with Gasteiger partial charge >= 0.3 is 11.7 Å². The number of carbonyl (C=O) groups excluding carboxylic acids is 2. The van der Waals surface area contributed by atoms with Gasteiger partial charge in [0, 0.05) is 11.5 Å². The zero-order valence-electron chi connectivity index (χ0n) is 16.5. The molecule has 8 heteroatoms. The van der Waals surface area contributed by atoms with Crippen LogP contribution in [0.25, 0.3) is 11.0 Å². The third kappa shape index (κ3) is 3.26. The van der Waals surface area contributed by atoms with Gasteiger partial charge in [-0.15, -0.1) is 0 Å². The number of imide groups is 1. The van der Waals surface area contributed by atoms with Crippen molar-refractivity contribution in [3.05, 3.63) is 79.1 Å². The maximum atomic E-state index is 13.2. The van der Waals surface area contributed by atoms with Crippen LogP contribution in [-0.2, 0) is 16.9 Å². The number of benzene rings is 2. The first-order chi connectivity index (χ1) is 14.1. The number of amides is 3. The van der Waals surface area contributed by atoms with Crippen molar-refractivity contribution in [2.45, 2.75) is 32.9 Å². The van der Waals surface area contributed by atoms with Crippen LogP contribution in [0, 0.1) is 13.8 Å². The topological polar surface area (TPSA) is 79.6 Å². The van der Waals surface area contributed by atoms with Crippen LogP contribution < -0.4 is 10.9 Å². The largest absolute Gasteiger partial charge is 0.423 e. The van der Waals surface area contributed by atoms with E-state index in [0.29, 0.717) is 27.1 Å². The Morgan fingerprint density at radius 2 is 1.70 bits per heavy atom. The molecule has 154 valence electrons. The van der Waals surface area contributed by atoms with Gasteiger partial charge in [-0.05, 0) is 67.3 Å². The number of fused-ring (bicyclic) bond motifs is 1. The minimum Gasteiger partial charge on any atom is -0.423 e.